The molecule has 2 aromatic heterocycles. The largest absolute Gasteiger partial charge is 0.396 e. The summed E-state index contributed by atoms with van der Waals surface area (Å²) >= 11 is 0. The van der Waals surface area contributed by atoms with Gasteiger partial charge in [0, 0.05) is 69.8 Å². The van der Waals surface area contributed by atoms with E-state index in [4.69, 9.17) is 0 Å². The van der Waals surface area contributed by atoms with Gasteiger partial charge in [0.2, 0.25) is 0 Å². The zero-order valence-corrected chi connectivity index (χ0v) is 15.1. The van der Waals surface area contributed by atoms with Gasteiger partial charge in [0.15, 0.2) is 0 Å². The summed E-state index contributed by atoms with van der Waals surface area (Å²) in [6.45, 7) is 8.77. The van der Waals surface area contributed by atoms with Gasteiger partial charge in [-0.15, -0.1) is 0 Å². The number of rotatable bonds is 7. The molecule has 0 bridgehead atoms. The molecule has 0 saturated carbocycles. The summed E-state index contributed by atoms with van der Waals surface area (Å²) in [6, 6.07) is 4.37. The predicted molar refractivity (Wildman–Crippen MR) is 95.7 cm³/mol. The molecule has 1 aliphatic rings. The smallest absolute Gasteiger partial charge is 0.0525 e. The summed E-state index contributed by atoms with van der Waals surface area (Å²) in [4.78, 5) is 2.47. The molecule has 3 rings (SSSR count). The maximum absolute atomic E-state index is 9.79. The van der Waals surface area contributed by atoms with E-state index in [2.05, 4.69) is 52.9 Å². The van der Waals surface area contributed by atoms with Crippen LogP contribution < -0.4 is 0 Å². The summed E-state index contributed by atoms with van der Waals surface area (Å²) in [5.74, 6) is 1.40. The van der Waals surface area contributed by atoms with Crippen molar-refractivity contribution in [2.45, 2.75) is 39.3 Å². The summed E-state index contributed by atoms with van der Waals surface area (Å²) in [7, 11) is 1.95. The van der Waals surface area contributed by atoms with Crippen molar-refractivity contribution in [3.05, 3.63) is 42.0 Å². The Morgan fingerprint density at radius 3 is 2.83 bits per heavy atom. The highest BCUT2D eigenvalue weighted by molar-refractivity contribution is 5.17. The lowest BCUT2D eigenvalue weighted by Gasteiger charge is -2.18. The fourth-order valence-electron chi connectivity index (χ4n) is 3.72. The highest BCUT2D eigenvalue weighted by atomic mass is 16.3. The molecule has 2 atom stereocenters. The van der Waals surface area contributed by atoms with Crippen LogP contribution in [0.15, 0.2) is 30.7 Å². The van der Waals surface area contributed by atoms with Crippen LogP contribution in [-0.2, 0) is 20.1 Å². The van der Waals surface area contributed by atoms with Crippen molar-refractivity contribution in [3.63, 3.8) is 0 Å². The molecule has 1 saturated heterocycles. The van der Waals surface area contributed by atoms with Crippen LogP contribution in [0.4, 0.5) is 0 Å². The first-order valence-electron chi connectivity index (χ1n) is 9.02. The van der Waals surface area contributed by atoms with Crippen LogP contribution in [0.5, 0.6) is 0 Å². The van der Waals surface area contributed by atoms with E-state index >= 15 is 0 Å². The molecule has 0 radical (unpaired) electrons. The number of aliphatic hydroxyl groups is 1. The van der Waals surface area contributed by atoms with Gasteiger partial charge >= 0.3 is 0 Å². The number of aryl methyl sites for hydroxylation is 2. The van der Waals surface area contributed by atoms with Gasteiger partial charge in [-0.2, -0.15) is 5.10 Å². The third-order valence-corrected chi connectivity index (χ3v) is 5.16. The predicted octanol–water partition coefficient (Wildman–Crippen LogP) is 2.48. The van der Waals surface area contributed by atoms with E-state index in [1.54, 1.807) is 0 Å². The van der Waals surface area contributed by atoms with Gasteiger partial charge in [-0.1, -0.05) is 13.8 Å². The van der Waals surface area contributed by atoms with Gasteiger partial charge in [-0.25, -0.2) is 0 Å². The zero-order valence-electron chi connectivity index (χ0n) is 15.1. The first-order valence-corrected chi connectivity index (χ1v) is 9.02. The van der Waals surface area contributed by atoms with Crippen LogP contribution in [0.25, 0.3) is 0 Å². The lowest BCUT2D eigenvalue weighted by molar-refractivity contribution is 0.213. The first kappa shape index (κ1) is 17.2. The molecule has 1 fully saturated rings. The molecule has 24 heavy (non-hydrogen) atoms. The molecule has 0 unspecified atom stereocenters. The van der Waals surface area contributed by atoms with Crippen molar-refractivity contribution in [3.8, 4) is 0 Å². The van der Waals surface area contributed by atoms with Gasteiger partial charge in [-0.3, -0.25) is 9.58 Å². The number of likely N-dealkylation sites (tertiary alicyclic amines) is 1. The van der Waals surface area contributed by atoms with E-state index in [-0.39, 0.29) is 6.61 Å². The second kappa shape index (κ2) is 7.53. The molecular weight excluding hydrogens is 300 g/mol. The molecule has 5 heteroatoms. The van der Waals surface area contributed by atoms with Crippen LogP contribution in [0.1, 0.15) is 37.4 Å². The minimum Gasteiger partial charge on any atom is -0.396 e. The van der Waals surface area contributed by atoms with Gasteiger partial charge in [0.1, 0.15) is 0 Å². The maximum Gasteiger partial charge on any atom is 0.0525 e. The molecule has 1 N–H and O–H groups in total. The van der Waals surface area contributed by atoms with E-state index in [0.717, 1.165) is 32.1 Å². The lowest BCUT2D eigenvalue weighted by Crippen LogP contribution is -2.22. The Morgan fingerprint density at radius 2 is 2.17 bits per heavy atom. The van der Waals surface area contributed by atoms with E-state index in [1.165, 1.54) is 17.7 Å². The van der Waals surface area contributed by atoms with Gasteiger partial charge in [-0.05, 0) is 30.0 Å². The SMILES string of the molecule is CC(C)CCn1cccc1CN1C[C@@H](CO)[C@H](c2cnn(C)c2)C1. The van der Waals surface area contributed by atoms with Gasteiger partial charge in [0.25, 0.3) is 0 Å². The van der Waals surface area contributed by atoms with E-state index in [9.17, 15) is 5.11 Å². The average Bonchev–Trinajstić information content (AvgIpc) is 3.25. The summed E-state index contributed by atoms with van der Waals surface area (Å²) in [6.07, 6.45) is 7.43. The second-order valence-corrected chi connectivity index (χ2v) is 7.57. The van der Waals surface area contributed by atoms with E-state index in [1.807, 2.05) is 17.9 Å². The molecule has 0 aromatic carbocycles. The number of aromatic nitrogens is 3. The van der Waals surface area contributed by atoms with Crippen molar-refractivity contribution >= 4 is 0 Å². The summed E-state index contributed by atoms with van der Waals surface area (Å²) < 4.78 is 4.23. The van der Waals surface area contributed by atoms with Crippen LogP contribution in [0.2, 0.25) is 0 Å². The molecule has 5 nitrogen and oxygen atoms in total. The Morgan fingerprint density at radius 1 is 1.33 bits per heavy atom. The van der Waals surface area contributed by atoms with Gasteiger partial charge in [0.05, 0.1) is 6.20 Å². The van der Waals surface area contributed by atoms with E-state index < -0.39 is 0 Å². The number of hydrogen-bond donors (Lipinski definition) is 1. The van der Waals surface area contributed by atoms with Crippen molar-refractivity contribution in [2.24, 2.45) is 18.9 Å². The molecule has 1 aliphatic heterocycles. The van der Waals surface area contributed by atoms with Crippen molar-refractivity contribution in [2.75, 3.05) is 19.7 Å². The Labute approximate surface area is 144 Å². The Kier molecular flexibility index (Phi) is 5.41. The number of aliphatic hydroxyl groups excluding tert-OH is 1. The highest BCUT2D eigenvalue weighted by Crippen LogP contribution is 2.33. The minimum atomic E-state index is 0.240. The summed E-state index contributed by atoms with van der Waals surface area (Å²) in [5, 5.41) is 14.1. The minimum absolute atomic E-state index is 0.240. The molecular formula is C19H30N4O. The lowest BCUT2D eigenvalue weighted by atomic mass is 9.92. The molecule has 0 aliphatic carbocycles. The molecule has 3 heterocycles. The second-order valence-electron chi connectivity index (χ2n) is 7.57. The molecule has 0 spiro atoms. The molecule has 132 valence electrons. The Bertz CT molecular complexity index is 645. The standard InChI is InChI=1S/C19H30N4O/c1-15(2)6-8-23-7-4-5-18(23)12-22-11-17(14-24)19(13-22)16-9-20-21(3)10-16/h4-5,7,9-10,15,17,19,24H,6,8,11-14H2,1-3H3/t17-,19-/m0/s1. The van der Waals surface area contributed by atoms with Crippen LogP contribution >= 0.6 is 0 Å². The molecule has 0 amide bonds. The van der Waals surface area contributed by atoms with Crippen LogP contribution in [0, 0.1) is 11.8 Å². The fraction of sp³-hybridized carbons (Fsp3) is 0.632. The Hall–Kier alpha value is -1.59. The normalized spacial score (nSPS) is 21.9. The third kappa shape index (κ3) is 3.90. The first-order chi connectivity index (χ1) is 11.6. The number of nitrogens with zero attached hydrogens (tertiary/aromatic N) is 4. The van der Waals surface area contributed by atoms with Crippen molar-refractivity contribution < 1.29 is 5.11 Å². The van der Waals surface area contributed by atoms with Crippen molar-refractivity contribution in [1.29, 1.82) is 0 Å². The van der Waals surface area contributed by atoms with Crippen LogP contribution in [0.3, 0.4) is 0 Å². The fourth-order valence-corrected chi connectivity index (χ4v) is 3.72. The topological polar surface area (TPSA) is 46.2 Å². The third-order valence-electron chi connectivity index (χ3n) is 5.16. The monoisotopic (exact) mass is 330 g/mol. The van der Waals surface area contributed by atoms with Gasteiger partial charge < -0.3 is 9.67 Å². The van der Waals surface area contributed by atoms with E-state index in [0.29, 0.717) is 11.8 Å². The average molecular weight is 330 g/mol. The van der Waals surface area contributed by atoms with Crippen molar-refractivity contribution in [1.82, 2.24) is 19.2 Å². The summed E-state index contributed by atoms with van der Waals surface area (Å²) in [5.41, 5.74) is 2.62. The highest BCUT2D eigenvalue weighted by Gasteiger charge is 2.34. The number of hydrogen-bond acceptors (Lipinski definition) is 3. The quantitative estimate of drug-likeness (QED) is 0.848. The van der Waals surface area contributed by atoms with Crippen LogP contribution in [-0.4, -0.2) is 44.1 Å². The molecule has 2 aromatic rings. The Balaban J connectivity index is 1.65. The maximum atomic E-state index is 9.79. The zero-order chi connectivity index (χ0) is 17.1.